The number of nitrogens with zero attached hydrogens (tertiary/aromatic N) is 2. The Hall–Kier alpha value is -0.900. The minimum absolute atomic E-state index is 0.284. The molecule has 0 amide bonds. The topological polar surface area (TPSA) is 51.0 Å². The molecule has 0 unspecified atom stereocenters. The zero-order chi connectivity index (χ0) is 10.7. The quantitative estimate of drug-likeness (QED) is 0.828. The number of aromatic nitrogens is 2. The van der Waals surface area contributed by atoms with Gasteiger partial charge in [0, 0.05) is 6.42 Å². The Balaban J connectivity index is 1.99. The van der Waals surface area contributed by atoms with Gasteiger partial charge in [-0.3, -0.25) is 0 Å². The van der Waals surface area contributed by atoms with Crippen LogP contribution in [0.25, 0.3) is 0 Å². The van der Waals surface area contributed by atoms with Crippen molar-refractivity contribution in [3.8, 4) is 0 Å². The first-order chi connectivity index (χ1) is 7.25. The second kappa shape index (κ2) is 4.75. The maximum Gasteiger partial charge on any atom is 0.243 e. The van der Waals surface area contributed by atoms with E-state index in [0.717, 1.165) is 31.1 Å². The number of piperidine rings is 1. The summed E-state index contributed by atoms with van der Waals surface area (Å²) in [4.78, 5) is 4.43. The first-order valence-electron chi connectivity index (χ1n) is 5.81. The molecule has 1 aromatic rings. The van der Waals surface area contributed by atoms with Crippen molar-refractivity contribution in [3.63, 3.8) is 0 Å². The standard InChI is InChI=1S/C11H19N3O/c1-8(2)7-10-13-11(15-14-10)9-5-3-4-6-12-9/h8-9,12H,3-7H2,1-2H3/t9-/m1/s1. The van der Waals surface area contributed by atoms with Crippen LogP contribution in [0.4, 0.5) is 0 Å². The number of rotatable bonds is 3. The molecule has 1 N–H and O–H groups in total. The SMILES string of the molecule is CC(C)Cc1noc([C@H]2CCCCN2)n1. The lowest BCUT2D eigenvalue weighted by atomic mass is 10.1. The molecule has 1 saturated heterocycles. The molecule has 0 radical (unpaired) electrons. The summed E-state index contributed by atoms with van der Waals surface area (Å²) in [7, 11) is 0. The van der Waals surface area contributed by atoms with Crippen LogP contribution >= 0.6 is 0 Å². The maximum atomic E-state index is 5.28. The molecule has 4 heteroatoms. The molecule has 4 nitrogen and oxygen atoms in total. The largest absolute Gasteiger partial charge is 0.338 e. The average molecular weight is 209 g/mol. The van der Waals surface area contributed by atoms with Crippen LogP contribution in [0.3, 0.4) is 0 Å². The lowest BCUT2D eigenvalue weighted by Crippen LogP contribution is -2.27. The van der Waals surface area contributed by atoms with Gasteiger partial charge in [0.2, 0.25) is 5.89 Å². The van der Waals surface area contributed by atoms with Crippen molar-refractivity contribution < 1.29 is 4.52 Å². The monoisotopic (exact) mass is 209 g/mol. The summed E-state index contributed by atoms with van der Waals surface area (Å²) in [5.41, 5.74) is 0. The minimum atomic E-state index is 0.284. The summed E-state index contributed by atoms with van der Waals surface area (Å²) >= 11 is 0. The summed E-state index contributed by atoms with van der Waals surface area (Å²) in [6.07, 6.45) is 4.52. The lowest BCUT2D eigenvalue weighted by molar-refractivity contribution is 0.295. The van der Waals surface area contributed by atoms with Gasteiger partial charge in [-0.25, -0.2) is 0 Å². The van der Waals surface area contributed by atoms with Gasteiger partial charge >= 0.3 is 0 Å². The Kier molecular flexibility index (Phi) is 3.36. The van der Waals surface area contributed by atoms with E-state index in [-0.39, 0.29) is 6.04 Å². The molecule has 1 aromatic heterocycles. The average Bonchev–Trinajstić information content (AvgIpc) is 2.67. The van der Waals surface area contributed by atoms with Gasteiger partial charge in [0.25, 0.3) is 0 Å². The second-order valence-electron chi connectivity index (χ2n) is 4.65. The number of nitrogens with one attached hydrogen (secondary N) is 1. The molecule has 84 valence electrons. The van der Waals surface area contributed by atoms with Crippen LogP contribution in [-0.4, -0.2) is 16.7 Å². The van der Waals surface area contributed by atoms with E-state index in [1.807, 2.05) is 0 Å². The molecule has 15 heavy (non-hydrogen) atoms. The van der Waals surface area contributed by atoms with Crippen LogP contribution in [0.1, 0.15) is 50.9 Å². The molecular weight excluding hydrogens is 190 g/mol. The highest BCUT2D eigenvalue weighted by atomic mass is 16.5. The Morgan fingerprint density at radius 2 is 2.33 bits per heavy atom. The predicted octanol–water partition coefficient (Wildman–Crippen LogP) is 2.08. The summed E-state index contributed by atoms with van der Waals surface area (Å²) in [6.45, 7) is 5.39. The van der Waals surface area contributed by atoms with Gasteiger partial charge in [-0.2, -0.15) is 4.98 Å². The molecule has 2 heterocycles. The van der Waals surface area contributed by atoms with Crippen molar-refractivity contribution >= 4 is 0 Å². The van der Waals surface area contributed by atoms with E-state index in [4.69, 9.17) is 4.52 Å². The van der Waals surface area contributed by atoms with Crippen molar-refractivity contribution in [2.75, 3.05) is 6.54 Å². The highest BCUT2D eigenvalue weighted by molar-refractivity contribution is 4.94. The van der Waals surface area contributed by atoms with E-state index in [9.17, 15) is 0 Å². The third kappa shape index (κ3) is 2.78. The van der Waals surface area contributed by atoms with Crippen LogP contribution < -0.4 is 5.32 Å². The van der Waals surface area contributed by atoms with Crippen LogP contribution in [0, 0.1) is 5.92 Å². The molecule has 1 atom stereocenters. The summed E-state index contributed by atoms with van der Waals surface area (Å²) in [5.74, 6) is 2.19. The van der Waals surface area contributed by atoms with Gasteiger partial charge in [0.05, 0.1) is 6.04 Å². The molecule has 1 aliphatic heterocycles. The van der Waals surface area contributed by atoms with E-state index >= 15 is 0 Å². The summed E-state index contributed by atoms with van der Waals surface area (Å²) in [6, 6.07) is 0.284. The van der Waals surface area contributed by atoms with Crippen molar-refractivity contribution in [1.82, 2.24) is 15.5 Å². The maximum absolute atomic E-state index is 5.28. The van der Waals surface area contributed by atoms with Crippen molar-refractivity contribution in [1.29, 1.82) is 0 Å². The number of hydrogen-bond donors (Lipinski definition) is 1. The summed E-state index contributed by atoms with van der Waals surface area (Å²) in [5, 5.41) is 7.41. The first kappa shape index (κ1) is 10.6. The first-order valence-corrected chi connectivity index (χ1v) is 5.81. The number of hydrogen-bond acceptors (Lipinski definition) is 4. The van der Waals surface area contributed by atoms with Crippen molar-refractivity contribution in [3.05, 3.63) is 11.7 Å². The molecule has 0 spiro atoms. The van der Waals surface area contributed by atoms with E-state index in [0.29, 0.717) is 5.92 Å². The Morgan fingerprint density at radius 1 is 1.47 bits per heavy atom. The fraction of sp³-hybridized carbons (Fsp3) is 0.818. The van der Waals surface area contributed by atoms with Gasteiger partial charge in [-0.15, -0.1) is 0 Å². The van der Waals surface area contributed by atoms with Crippen LogP contribution in [0.2, 0.25) is 0 Å². The van der Waals surface area contributed by atoms with Gasteiger partial charge in [-0.1, -0.05) is 25.4 Å². The Labute approximate surface area is 90.4 Å². The molecule has 1 aliphatic rings. The Bertz CT molecular complexity index is 303. The molecular formula is C11H19N3O. The zero-order valence-corrected chi connectivity index (χ0v) is 9.49. The van der Waals surface area contributed by atoms with Gasteiger partial charge < -0.3 is 9.84 Å². The normalized spacial score (nSPS) is 22.2. The van der Waals surface area contributed by atoms with Crippen LogP contribution in [-0.2, 0) is 6.42 Å². The zero-order valence-electron chi connectivity index (χ0n) is 9.49. The second-order valence-corrected chi connectivity index (χ2v) is 4.65. The van der Waals surface area contributed by atoms with E-state index < -0.39 is 0 Å². The Morgan fingerprint density at radius 3 is 3.00 bits per heavy atom. The lowest BCUT2D eigenvalue weighted by Gasteiger charge is -2.19. The molecule has 2 rings (SSSR count). The molecule has 1 fully saturated rings. The van der Waals surface area contributed by atoms with Gasteiger partial charge in [-0.05, 0) is 25.3 Å². The fourth-order valence-corrected chi connectivity index (χ4v) is 1.92. The molecule has 0 bridgehead atoms. The summed E-state index contributed by atoms with van der Waals surface area (Å²) < 4.78 is 5.28. The van der Waals surface area contributed by atoms with Crippen molar-refractivity contribution in [2.45, 2.75) is 45.6 Å². The van der Waals surface area contributed by atoms with Gasteiger partial charge in [0.1, 0.15) is 0 Å². The molecule has 0 aliphatic carbocycles. The third-order valence-electron chi connectivity index (χ3n) is 2.68. The van der Waals surface area contributed by atoms with Gasteiger partial charge in [0.15, 0.2) is 5.82 Å². The smallest absolute Gasteiger partial charge is 0.243 e. The third-order valence-corrected chi connectivity index (χ3v) is 2.68. The predicted molar refractivity (Wildman–Crippen MR) is 57.4 cm³/mol. The highest BCUT2D eigenvalue weighted by Gasteiger charge is 2.20. The van der Waals surface area contributed by atoms with Crippen LogP contribution in [0.5, 0.6) is 0 Å². The van der Waals surface area contributed by atoms with Crippen molar-refractivity contribution in [2.24, 2.45) is 5.92 Å². The van der Waals surface area contributed by atoms with Crippen LogP contribution in [0.15, 0.2) is 4.52 Å². The molecule has 0 saturated carbocycles. The fourth-order valence-electron chi connectivity index (χ4n) is 1.92. The highest BCUT2D eigenvalue weighted by Crippen LogP contribution is 2.21. The van der Waals surface area contributed by atoms with E-state index in [1.165, 1.54) is 12.8 Å². The van der Waals surface area contributed by atoms with E-state index in [1.54, 1.807) is 0 Å². The minimum Gasteiger partial charge on any atom is -0.338 e. The molecule has 0 aromatic carbocycles. The van der Waals surface area contributed by atoms with E-state index in [2.05, 4.69) is 29.3 Å².